The number of carbonyl (C=O) groups is 2. The SMILES string of the molecule is CCc1ccccc1NC(=O)C1CCN(C(=O)c2ccc3c(c2)OCO3)CC1. The molecule has 1 fully saturated rings. The van der Waals surface area contributed by atoms with Crippen LogP contribution >= 0.6 is 0 Å². The van der Waals surface area contributed by atoms with Gasteiger partial charge in [0.1, 0.15) is 0 Å². The lowest BCUT2D eigenvalue weighted by Crippen LogP contribution is -2.41. The van der Waals surface area contributed by atoms with E-state index in [2.05, 4.69) is 12.2 Å². The average molecular weight is 380 g/mol. The lowest BCUT2D eigenvalue weighted by Gasteiger charge is -2.31. The molecule has 0 aliphatic carbocycles. The quantitative estimate of drug-likeness (QED) is 0.882. The van der Waals surface area contributed by atoms with Crippen LogP contribution < -0.4 is 14.8 Å². The lowest BCUT2D eigenvalue weighted by molar-refractivity contribution is -0.121. The van der Waals surface area contributed by atoms with Crippen LogP contribution in [0.5, 0.6) is 11.5 Å². The molecular formula is C22H24N2O4. The molecule has 0 radical (unpaired) electrons. The zero-order chi connectivity index (χ0) is 19.5. The molecule has 2 aromatic rings. The number of amides is 2. The molecule has 6 heteroatoms. The Morgan fingerprint density at radius 3 is 2.61 bits per heavy atom. The van der Waals surface area contributed by atoms with E-state index in [0.717, 1.165) is 17.7 Å². The number of benzene rings is 2. The molecule has 146 valence electrons. The van der Waals surface area contributed by atoms with Crippen molar-refractivity contribution in [2.45, 2.75) is 26.2 Å². The molecule has 2 aliphatic heterocycles. The number of hydrogen-bond acceptors (Lipinski definition) is 4. The van der Waals surface area contributed by atoms with E-state index in [4.69, 9.17) is 9.47 Å². The van der Waals surface area contributed by atoms with Gasteiger partial charge in [-0.05, 0) is 49.1 Å². The molecule has 0 saturated carbocycles. The van der Waals surface area contributed by atoms with Gasteiger partial charge >= 0.3 is 0 Å². The third kappa shape index (κ3) is 3.67. The van der Waals surface area contributed by atoms with E-state index in [-0.39, 0.29) is 24.5 Å². The van der Waals surface area contributed by atoms with E-state index in [1.165, 1.54) is 0 Å². The third-order valence-corrected chi connectivity index (χ3v) is 5.43. The van der Waals surface area contributed by atoms with E-state index >= 15 is 0 Å². The highest BCUT2D eigenvalue weighted by atomic mass is 16.7. The van der Waals surface area contributed by atoms with E-state index in [1.54, 1.807) is 23.1 Å². The smallest absolute Gasteiger partial charge is 0.253 e. The normalized spacial score (nSPS) is 16.1. The number of nitrogens with zero attached hydrogens (tertiary/aromatic N) is 1. The highest BCUT2D eigenvalue weighted by molar-refractivity contribution is 5.96. The number of anilines is 1. The summed E-state index contributed by atoms with van der Waals surface area (Å²) in [5.74, 6) is 1.20. The van der Waals surface area contributed by atoms with Gasteiger partial charge in [0.2, 0.25) is 12.7 Å². The fourth-order valence-electron chi connectivity index (χ4n) is 3.74. The van der Waals surface area contributed by atoms with Crippen molar-refractivity contribution < 1.29 is 19.1 Å². The molecule has 0 atom stereocenters. The van der Waals surface area contributed by atoms with E-state index < -0.39 is 0 Å². The summed E-state index contributed by atoms with van der Waals surface area (Å²) in [5.41, 5.74) is 2.60. The van der Waals surface area contributed by atoms with Crippen molar-refractivity contribution in [3.8, 4) is 11.5 Å². The zero-order valence-electron chi connectivity index (χ0n) is 15.9. The minimum Gasteiger partial charge on any atom is -0.454 e. The molecule has 2 aromatic carbocycles. The Bertz CT molecular complexity index is 888. The lowest BCUT2D eigenvalue weighted by atomic mass is 9.95. The Labute approximate surface area is 164 Å². The van der Waals surface area contributed by atoms with Crippen molar-refractivity contribution >= 4 is 17.5 Å². The second-order valence-electron chi connectivity index (χ2n) is 7.13. The van der Waals surface area contributed by atoms with E-state index in [0.29, 0.717) is 43.0 Å². The maximum absolute atomic E-state index is 12.8. The molecule has 2 amide bonds. The van der Waals surface area contributed by atoms with Gasteiger partial charge in [-0.1, -0.05) is 25.1 Å². The summed E-state index contributed by atoms with van der Waals surface area (Å²) in [6, 6.07) is 13.1. The van der Waals surface area contributed by atoms with Gasteiger partial charge in [0.05, 0.1) is 0 Å². The number of ether oxygens (including phenoxy) is 2. The van der Waals surface area contributed by atoms with Crippen molar-refractivity contribution in [2.75, 3.05) is 25.2 Å². The molecule has 1 N–H and O–H groups in total. The highest BCUT2D eigenvalue weighted by Crippen LogP contribution is 2.33. The van der Waals surface area contributed by atoms with Crippen LogP contribution in [-0.4, -0.2) is 36.6 Å². The molecule has 2 heterocycles. The van der Waals surface area contributed by atoms with Crippen LogP contribution in [0.4, 0.5) is 5.69 Å². The molecule has 28 heavy (non-hydrogen) atoms. The largest absolute Gasteiger partial charge is 0.454 e. The van der Waals surface area contributed by atoms with Gasteiger partial charge in [-0.25, -0.2) is 0 Å². The van der Waals surface area contributed by atoms with Crippen molar-refractivity contribution in [2.24, 2.45) is 5.92 Å². The number of hydrogen-bond donors (Lipinski definition) is 1. The molecule has 4 rings (SSSR count). The molecular weight excluding hydrogens is 356 g/mol. The fraction of sp³-hybridized carbons (Fsp3) is 0.364. The van der Waals surface area contributed by atoms with Gasteiger partial charge in [-0.3, -0.25) is 9.59 Å². The monoisotopic (exact) mass is 380 g/mol. The number of fused-ring (bicyclic) bond motifs is 1. The van der Waals surface area contributed by atoms with Crippen molar-refractivity contribution in [3.05, 3.63) is 53.6 Å². The van der Waals surface area contributed by atoms with Gasteiger partial charge < -0.3 is 19.7 Å². The summed E-state index contributed by atoms with van der Waals surface area (Å²) >= 11 is 0. The molecule has 6 nitrogen and oxygen atoms in total. The minimum atomic E-state index is -0.0780. The number of carbonyl (C=O) groups excluding carboxylic acids is 2. The van der Waals surface area contributed by atoms with Gasteiger partial charge in [0.25, 0.3) is 5.91 Å². The second-order valence-corrected chi connectivity index (χ2v) is 7.13. The minimum absolute atomic E-state index is 0.0338. The Morgan fingerprint density at radius 2 is 1.82 bits per heavy atom. The predicted octanol–water partition coefficient (Wildman–Crippen LogP) is 3.47. The average Bonchev–Trinajstić information content (AvgIpc) is 3.21. The van der Waals surface area contributed by atoms with Crippen molar-refractivity contribution in [3.63, 3.8) is 0 Å². The number of rotatable bonds is 4. The molecule has 0 spiro atoms. The summed E-state index contributed by atoms with van der Waals surface area (Å²) < 4.78 is 10.6. The van der Waals surface area contributed by atoms with Crippen LogP contribution in [0.15, 0.2) is 42.5 Å². The predicted molar refractivity (Wildman–Crippen MR) is 106 cm³/mol. The van der Waals surface area contributed by atoms with Crippen molar-refractivity contribution in [1.29, 1.82) is 0 Å². The maximum Gasteiger partial charge on any atom is 0.253 e. The summed E-state index contributed by atoms with van der Waals surface area (Å²) in [4.78, 5) is 27.3. The van der Waals surface area contributed by atoms with Crippen LogP contribution in [0, 0.1) is 5.92 Å². The number of likely N-dealkylation sites (tertiary alicyclic amines) is 1. The molecule has 0 aromatic heterocycles. The Kier molecular flexibility index (Phi) is 5.19. The van der Waals surface area contributed by atoms with Crippen molar-refractivity contribution in [1.82, 2.24) is 4.90 Å². The van der Waals surface area contributed by atoms with Crippen LogP contribution in [0.2, 0.25) is 0 Å². The fourth-order valence-corrected chi connectivity index (χ4v) is 3.74. The first kappa shape index (κ1) is 18.3. The van der Waals surface area contributed by atoms with E-state index in [9.17, 15) is 9.59 Å². The number of piperidine rings is 1. The van der Waals surface area contributed by atoms with Gasteiger partial charge in [-0.2, -0.15) is 0 Å². The maximum atomic E-state index is 12.8. The van der Waals surface area contributed by atoms with Crippen LogP contribution in [0.3, 0.4) is 0 Å². The number of para-hydroxylation sites is 1. The van der Waals surface area contributed by atoms with Gasteiger partial charge in [0.15, 0.2) is 11.5 Å². The van der Waals surface area contributed by atoms with Gasteiger partial charge in [-0.15, -0.1) is 0 Å². The number of nitrogens with one attached hydrogen (secondary N) is 1. The molecule has 0 bridgehead atoms. The first-order chi connectivity index (χ1) is 13.7. The van der Waals surface area contributed by atoms with Gasteiger partial charge in [0, 0.05) is 30.3 Å². The van der Waals surface area contributed by atoms with Crippen LogP contribution in [-0.2, 0) is 11.2 Å². The summed E-state index contributed by atoms with van der Waals surface area (Å²) in [5, 5.41) is 3.06. The Hall–Kier alpha value is -3.02. The second kappa shape index (κ2) is 7.92. The Balaban J connectivity index is 1.35. The molecule has 0 unspecified atom stereocenters. The van der Waals surface area contributed by atoms with E-state index in [1.807, 2.05) is 24.3 Å². The summed E-state index contributed by atoms with van der Waals surface area (Å²) in [6.45, 7) is 3.40. The molecule has 2 aliphatic rings. The first-order valence-electron chi connectivity index (χ1n) is 9.73. The number of aryl methyl sites for hydroxylation is 1. The first-order valence-corrected chi connectivity index (χ1v) is 9.73. The summed E-state index contributed by atoms with van der Waals surface area (Å²) in [7, 11) is 0. The Morgan fingerprint density at radius 1 is 1.07 bits per heavy atom. The summed E-state index contributed by atoms with van der Waals surface area (Å²) in [6.07, 6.45) is 2.20. The standard InChI is InChI=1S/C22H24N2O4/c1-2-15-5-3-4-6-18(15)23-21(25)16-9-11-24(12-10-16)22(26)17-7-8-19-20(13-17)28-14-27-19/h3-8,13,16H,2,9-12,14H2,1H3,(H,23,25). The molecule has 1 saturated heterocycles. The van der Waals surface area contributed by atoms with Crippen LogP contribution in [0.1, 0.15) is 35.7 Å². The highest BCUT2D eigenvalue weighted by Gasteiger charge is 2.29. The topological polar surface area (TPSA) is 67.9 Å². The van der Waals surface area contributed by atoms with Crippen LogP contribution in [0.25, 0.3) is 0 Å². The zero-order valence-corrected chi connectivity index (χ0v) is 15.9. The third-order valence-electron chi connectivity index (χ3n) is 5.43.